The maximum Gasteiger partial charge on any atom is 0.164 e. The summed E-state index contributed by atoms with van der Waals surface area (Å²) in [6, 6.07) is 68.2. The second kappa shape index (κ2) is 13.0. The molecule has 11 rings (SSSR count). The highest BCUT2D eigenvalue weighted by molar-refractivity contribution is 6.22. The van der Waals surface area contributed by atoms with E-state index in [1.807, 2.05) is 60.7 Å². The summed E-state index contributed by atoms with van der Waals surface area (Å²) in [7, 11) is 0. The van der Waals surface area contributed by atoms with E-state index < -0.39 is 0 Å². The van der Waals surface area contributed by atoms with Gasteiger partial charge >= 0.3 is 0 Å². The number of hydrogen-bond acceptors (Lipinski definition) is 3. The Labute approximate surface area is 323 Å². The monoisotopic (exact) mass is 715 g/mol. The Balaban J connectivity index is 1.01. The molecule has 262 valence electrons. The van der Waals surface area contributed by atoms with E-state index in [0.29, 0.717) is 17.5 Å². The topological polar surface area (TPSA) is 48.5 Å². The van der Waals surface area contributed by atoms with Gasteiger partial charge in [0.25, 0.3) is 0 Å². The zero-order valence-corrected chi connectivity index (χ0v) is 30.3. The van der Waals surface area contributed by atoms with E-state index in [4.69, 9.17) is 15.0 Å². The summed E-state index contributed by atoms with van der Waals surface area (Å²) in [6.07, 6.45) is 2.19. The van der Waals surface area contributed by atoms with E-state index in [2.05, 4.69) is 149 Å². The van der Waals surface area contributed by atoms with E-state index in [9.17, 15) is 0 Å². The van der Waals surface area contributed by atoms with Crippen LogP contribution in [0, 0.1) is 0 Å². The molecule has 0 aliphatic rings. The molecule has 0 radical (unpaired) electrons. The summed E-state index contributed by atoms with van der Waals surface area (Å²) in [6.45, 7) is 0. The molecule has 3 heterocycles. The van der Waals surface area contributed by atoms with Crippen molar-refractivity contribution in [2.75, 3.05) is 0 Å². The molecule has 0 unspecified atom stereocenters. The van der Waals surface area contributed by atoms with Gasteiger partial charge in [0.1, 0.15) is 0 Å². The van der Waals surface area contributed by atoms with Crippen LogP contribution in [0.3, 0.4) is 0 Å². The van der Waals surface area contributed by atoms with Crippen molar-refractivity contribution in [2.24, 2.45) is 0 Å². The van der Waals surface area contributed by atoms with Crippen molar-refractivity contribution < 1.29 is 0 Å². The maximum atomic E-state index is 4.98. The van der Waals surface area contributed by atoms with Gasteiger partial charge in [-0.3, -0.25) is 0 Å². The smallest absolute Gasteiger partial charge is 0.164 e. The fourth-order valence-corrected chi connectivity index (χ4v) is 8.17. The molecule has 0 amide bonds. The second-order valence-electron chi connectivity index (χ2n) is 14.1. The summed E-state index contributed by atoms with van der Waals surface area (Å²) in [4.78, 5) is 14.8. The number of benzene rings is 8. The number of nitrogens with zero attached hydrogens (tertiary/aromatic N) is 5. The van der Waals surface area contributed by atoms with Gasteiger partial charge < -0.3 is 9.13 Å². The van der Waals surface area contributed by atoms with Gasteiger partial charge in [-0.25, -0.2) is 15.0 Å². The highest BCUT2D eigenvalue weighted by Gasteiger charge is 2.18. The lowest BCUT2D eigenvalue weighted by atomic mass is 10.0. The van der Waals surface area contributed by atoms with E-state index in [1.54, 1.807) is 0 Å². The Morgan fingerprint density at radius 1 is 0.304 bits per heavy atom. The van der Waals surface area contributed by atoms with Crippen molar-refractivity contribution in [3.05, 3.63) is 200 Å². The molecule has 0 N–H and O–H groups in total. The highest BCUT2D eigenvalue weighted by atomic mass is 15.0. The van der Waals surface area contributed by atoms with E-state index >= 15 is 0 Å². The fourth-order valence-electron chi connectivity index (χ4n) is 8.17. The van der Waals surface area contributed by atoms with E-state index in [-0.39, 0.29) is 0 Å². The molecule has 56 heavy (non-hydrogen) atoms. The average molecular weight is 716 g/mol. The Morgan fingerprint density at radius 3 is 1.54 bits per heavy atom. The van der Waals surface area contributed by atoms with Crippen molar-refractivity contribution in [1.82, 2.24) is 24.1 Å². The molecular formula is C51H33N5. The summed E-state index contributed by atoms with van der Waals surface area (Å²) in [5.74, 6) is 1.94. The van der Waals surface area contributed by atoms with E-state index in [0.717, 1.165) is 44.7 Å². The molecule has 11 aromatic rings. The largest absolute Gasteiger partial charge is 0.317 e. The van der Waals surface area contributed by atoms with Gasteiger partial charge in [-0.2, -0.15) is 0 Å². The van der Waals surface area contributed by atoms with Crippen LogP contribution < -0.4 is 0 Å². The molecule has 0 aliphatic carbocycles. The van der Waals surface area contributed by atoms with Crippen molar-refractivity contribution in [3.8, 4) is 56.7 Å². The van der Waals surface area contributed by atoms with Gasteiger partial charge in [-0.1, -0.05) is 146 Å². The average Bonchev–Trinajstić information content (AvgIpc) is 3.87. The first kappa shape index (κ1) is 31.9. The Hall–Kier alpha value is -7.63. The molecule has 8 aromatic carbocycles. The predicted molar refractivity (Wildman–Crippen MR) is 230 cm³/mol. The molecule has 0 aliphatic heterocycles. The number of hydrogen-bond donors (Lipinski definition) is 0. The standard InChI is InChI=1S/C51H33N5/c1-4-14-34(15-5-1)49-52-50(35-16-6-2-7-17-35)54-51(53-49)38-20-12-18-36(32-38)37-19-13-23-40(33-37)55-31-30-43-41-26-27-45-42-24-10-11-25-47(42)56(39-21-8-3-9-22-39)48(45)44(41)28-29-46(43)55/h1-33H. The van der Waals surface area contributed by atoms with Crippen LogP contribution in [0.25, 0.3) is 100 Å². The first-order valence-electron chi connectivity index (χ1n) is 18.9. The van der Waals surface area contributed by atoms with Gasteiger partial charge in [0, 0.05) is 55.8 Å². The highest BCUT2D eigenvalue weighted by Crippen LogP contribution is 2.39. The van der Waals surface area contributed by atoms with Crippen molar-refractivity contribution >= 4 is 43.5 Å². The number of para-hydroxylation sites is 2. The molecule has 3 aromatic heterocycles. The van der Waals surface area contributed by atoms with Gasteiger partial charge in [-0.15, -0.1) is 0 Å². The number of fused-ring (bicyclic) bond motifs is 7. The molecule has 0 spiro atoms. The minimum atomic E-state index is 0.638. The summed E-state index contributed by atoms with van der Waals surface area (Å²) >= 11 is 0. The molecule has 0 atom stereocenters. The fraction of sp³-hybridized carbons (Fsp3) is 0. The van der Waals surface area contributed by atoms with Gasteiger partial charge in [0.05, 0.1) is 16.6 Å². The van der Waals surface area contributed by atoms with Gasteiger partial charge in [-0.05, 0) is 65.0 Å². The van der Waals surface area contributed by atoms with Crippen LogP contribution in [-0.4, -0.2) is 24.1 Å². The van der Waals surface area contributed by atoms with Crippen LogP contribution in [-0.2, 0) is 0 Å². The molecular weight excluding hydrogens is 683 g/mol. The third-order valence-corrected chi connectivity index (χ3v) is 10.8. The van der Waals surface area contributed by atoms with Gasteiger partial charge in [0.2, 0.25) is 0 Å². The quantitative estimate of drug-likeness (QED) is 0.172. The van der Waals surface area contributed by atoms with Crippen LogP contribution in [0.4, 0.5) is 0 Å². The van der Waals surface area contributed by atoms with Crippen LogP contribution in [0.2, 0.25) is 0 Å². The van der Waals surface area contributed by atoms with Gasteiger partial charge in [0.15, 0.2) is 17.5 Å². The summed E-state index contributed by atoms with van der Waals surface area (Å²) < 4.78 is 4.71. The Morgan fingerprint density at radius 2 is 0.804 bits per heavy atom. The predicted octanol–water partition coefficient (Wildman–Crippen LogP) is 12.7. The maximum absolute atomic E-state index is 4.98. The summed E-state index contributed by atoms with van der Waals surface area (Å²) in [5, 5.41) is 6.22. The van der Waals surface area contributed by atoms with Crippen LogP contribution in [0.5, 0.6) is 0 Å². The first-order chi connectivity index (χ1) is 27.8. The summed E-state index contributed by atoms with van der Waals surface area (Å²) in [5.41, 5.74) is 10.9. The molecule has 5 heteroatoms. The minimum absolute atomic E-state index is 0.638. The third kappa shape index (κ3) is 5.29. The third-order valence-electron chi connectivity index (χ3n) is 10.8. The number of rotatable bonds is 6. The number of aromatic nitrogens is 5. The molecule has 5 nitrogen and oxygen atoms in total. The molecule has 0 saturated carbocycles. The van der Waals surface area contributed by atoms with E-state index in [1.165, 1.54) is 38.0 Å². The molecule has 0 bridgehead atoms. The first-order valence-corrected chi connectivity index (χ1v) is 18.9. The lowest BCUT2D eigenvalue weighted by Gasteiger charge is -2.12. The molecule has 0 fully saturated rings. The second-order valence-corrected chi connectivity index (χ2v) is 14.1. The SMILES string of the molecule is c1ccc(-c2nc(-c3ccccc3)nc(-c3cccc(-c4cccc(-n5ccc6c7ccc8c9ccccc9n(-c9ccccc9)c8c7ccc65)c4)c3)n2)cc1. The minimum Gasteiger partial charge on any atom is -0.317 e. The molecule has 0 saturated heterocycles. The zero-order chi connectivity index (χ0) is 37.0. The lowest BCUT2D eigenvalue weighted by molar-refractivity contribution is 1.07. The van der Waals surface area contributed by atoms with Crippen molar-refractivity contribution in [1.29, 1.82) is 0 Å². The Kier molecular flexibility index (Phi) is 7.42. The van der Waals surface area contributed by atoms with Crippen LogP contribution in [0.1, 0.15) is 0 Å². The lowest BCUT2D eigenvalue weighted by Crippen LogP contribution is -2.00. The Bertz CT molecular complexity index is 3180. The van der Waals surface area contributed by atoms with Crippen molar-refractivity contribution in [3.63, 3.8) is 0 Å². The zero-order valence-electron chi connectivity index (χ0n) is 30.3. The van der Waals surface area contributed by atoms with Crippen LogP contribution >= 0.6 is 0 Å². The van der Waals surface area contributed by atoms with Crippen LogP contribution in [0.15, 0.2) is 200 Å². The van der Waals surface area contributed by atoms with Crippen molar-refractivity contribution in [2.45, 2.75) is 0 Å². The normalized spacial score (nSPS) is 11.6.